The third kappa shape index (κ3) is 4.31. The van der Waals surface area contributed by atoms with Gasteiger partial charge in [-0.1, -0.05) is 27.5 Å². The molecule has 0 atom stereocenters. The molecule has 9 heteroatoms. The Morgan fingerprint density at radius 3 is 2.65 bits per heavy atom. The van der Waals surface area contributed by atoms with Crippen LogP contribution in [0.4, 0.5) is 0 Å². The molecular formula is C17H17BrClNO4S2. The normalized spacial score (nSPS) is 15.3. The first-order chi connectivity index (χ1) is 12.3. The van der Waals surface area contributed by atoms with E-state index in [1.807, 2.05) is 0 Å². The molecule has 0 radical (unpaired) electrons. The number of ether oxygens (including phenoxy) is 1. The third-order valence-corrected chi connectivity index (χ3v) is 8.21. The number of thiophene rings is 1. The molecular weight excluding hydrogens is 462 g/mol. The van der Waals surface area contributed by atoms with Gasteiger partial charge in [0.2, 0.25) is 0 Å². The molecule has 0 amide bonds. The van der Waals surface area contributed by atoms with Crippen molar-refractivity contribution >= 4 is 54.9 Å². The number of carbonyl (C=O) groups excluding carboxylic acids is 1. The Morgan fingerprint density at radius 1 is 1.31 bits per heavy atom. The molecule has 1 aliphatic heterocycles. The summed E-state index contributed by atoms with van der Waals surface area (Å²) in [6, 6.07) is 6.67. The fourth-order valence-corrected chi connectivity index (χ4v) is 6.78. The lowest BCUT2D eigenvalue weighted by Crippen LogP contribution is -2.27. The molecule has 0 spiro atoms. The third-order valence-electron chi connectivity index (χ3n) is 4.02. The van der Waals surface area contributed by atoms with Crippen molar-refractivity contribution in [3.05, 3.63) is 44.2 Å². The molecule has 140 valence electrons. The van der Waals surface area contributed by atoms with E-state index >= 15 is 0 Å². The summed E-state index contributed by atoms with van der Waals surface area (Å²) in [4.78, 5) is 12.9. The number of rotatable bonds is 5. The number of hydrogen-bond acceptors (Lipinski definition) is 5. The van der Waals surface area contributed by atoms with Crippen LogP contribution in [-0.4, -0.2) is 31.8 Å². The lowest BCUT2D eigenvalue weighted by atomic mass is 10.2. The second-order valence-corrected chi connectivity index (χ2v) is 10.7. The monoisotopic (exact) mass is 477 g/mol. The van der Waals surface area contributed by atoms with Gasteiger partial charge in [0, 0.05) is 22.4 Å². The summed E-state index contributed by atoms with van der Waals surface area (Å²) >= 11 is 10.6. The van der Waals surface area contributed by atoms with Crippen molar-refractivity contribution in [2.24, 2.45) is 0 Å². The summed E-state index contributed by atoms with van der Waals surface area (Å²) in [6.45, 7) is 2.91. The summed E-state index contributed by atoms with van der Waals surface area (Å²) in [7, 11) is -3.46. The van der Waals surface area contributed by atoms with E-state index in [0.717, 1.165) is 34.2 Å². The molecule has 1 aliphatic rings. The number of hydrogen-bond donors (Lipinski definition) is 0. The number of aryl methyl sites for hydroxylation is 1. The first-order valence-electron chi connectivity index (χ1n) is 8.02. The molecule has 1 aromatic carbocycles. The van der Waals surface area contributed by atoms with Gasteiger partial charge in [0.1, 0.15) is 4.21 Å². The largest absolute Gasteiger partial charge is 0.424 e. The fourth-order valence-electron chi connectivity index (χ4n) is 2.76. The molecule has 1 fully saturated rings. The van der Waals surface area contributed by atoms with Crippen LogP contribution in [-0.2, 0) is 21.2 Å². The average molecular weight is 479 g/mol. The number of halogens is 2. The van der Waals surface area contributed by atoms with Crippen molar-refractivity contribution in [3.8, 4) is 5.75 Å². The number of benzene rings is 1. The van der Waals surface area contributed by atoms with E-state index in [2.05, 4.69) is 15.9 Å². The number of nitrogens with zero attached hydrogens (tertiary/aromatic N) is 1. The molecule has 2 heterocycles. The van der Waals surface area contributed by atoms with Gasteiger partial charge in [0.25, 0.3) is 10.0 Å². The first-order valence-corrected chi connectivity index (χ1v) is 11.5. The molecule has 5 nitrogen and oxygen atoms in total. The van der Waals surface area contributed by atoms with E-state index in [4.69, 9.17) is 16.3 Å². The Labute approximate surface area is 170 Å². The zero-order valence-electron chi connectivity index (χ0n) is 14.0. The SMILES string of the molecule is Cc1cc(Br)cc(Cl)c1OC(=O)Cc1ccc(S(=O)(=O)N2CCCC2)s1. The number of carbonyl (C=O) groups is 1. The van der Waals surface area contributed by atoms with Crippen LogP contribution >= 0.6 is 38.9 Å². The fraction of sp³-hybridized carbons (Fsp3) is 0.353. The first kappa shape index (κ1) is 19.8. The van der Waals surface area contributed by atoms with Crippen LogP contribution in [0.15, 0.2) is 32.9 Å². The lowest BCUT2D eigenvalue weighted by Gasteiger charge is -2.13. The van der Waals surface area contributed by atoms with Crippen molar-refractivity contribution in [2.75, 3.05) is 13.1 Å². The summed E-state index contributed by atoms with van der Waals surface area (Å²) in [6.07, 6.45) is 1.76. The molecule has 0 N–H and O–H groups in total. The van der Waals surface area contributed by atoms with Crippen molar-refractivity contribution in [2.45, 2.75) is 30.4 Å². The molecule has 26 heavy (non-hydrogen) atoms. The molecule has 1 aromatic heterocycles. The highest BCUT2D eigenvalue weighted by Crippen LogP contribution is 2.33. The highest BCUT2D eigenvalue weighted by atomic mass is 79.9. The highest BCUT2D eigenvalue weighted by molar-refractivity contribution is 9.10. The van der Waals surface area contributed by atoms with Gasteiger partial charge in [-0.15, -0.1) is 11.3 Å². The Bertz CT molecular complexity index is 913. The van der Waals surface area contributed by atoms with Crippen molar-refractivity contribution in [1.82, 2.24) is 4.31 Å². The Kier molecular flexibility index (Phi) is 6.08. The van der Waals surface area contributed by atoms with Gasteiger partial charge in [-0.3, -0.25) is 4.79 Å². The van der Waals surface area contributed by atoms with E-state index in [9.17, 15) is 13.2 Å². The number of esters is 1. The topological polar surface area (TPSA) is 63.7 Å². The molecule has 0 unspecified atom stereocenters. The quantitative estimate of drug-likeness (QED) is 0.472. The zero-order chi connectivity index (χ0) is 18.9. The van der Waals surface area contributed by atoms with Crippen LogP contribution < -0.4 is 4.74 Å². The van der Waals surface area contributed by atoms with Crippen LogP contribution in [0.25, 0.3) is 0 Å². The molecule has 0 aliphatic carbocycles. The minimum absolute atomic E-state index is 0.00792. The van der Waals surface area contributed by atoms with E-state index in [-0.39, 0.29) is 10.6 Å². The van der Waals surface area contributed by atoms with E-state index in [0.29, 0.717) is 28.7 Å². The minimum Gasteiger partial charge on any atom is -0.424 e. The van der Waals surface area contributed by atoms with Crippen LogP contribution in [0.1, 0.15) is 23.3 Å². The molecule has 0 bridgehead atoms. The van der Waals surface area contributed by atoms with Crippen LogP contribution in [0.2, 0.25) is 5.02 Å². The predicted molar refractivity (Wildman–Crippen MR) is 106 cm³/mol. The summed E-state index contributed by atoms with van der Waals surface area (Å²) in [5.41, 5.74) is 0.737. The number of sulfonamides is 1. The molecule has 3 rings (SSSR count). The van der Waals surface area contributed by atoms with Crippen molar-refractivity contribution in [1.29, 1.82) is 0 Å². The Balaban J connectivity index is 1.70. The van der Waals surface area contributed by atoms with E-state index in [1.165, 1.54) is 4.31 Å². The standard InChI is InChI=1S/C17H17BrClNO4S2/c1-11-8-12(18)9-14(19)17(11)24-15(21)10-13-4-5-16(25-13)26(22,23)20-6-2-3-7-20/h4-5,8-9H,2-3,6-7,10H2,1H3. The Hall–Kier alpha value is -0.930. The highest BCUT2D eigenvalue weighted by Gasteiger charge is 2.28. The summed E-state index contributed by atoms with van der Waals surface area (Å²) < 4.78 is 33.0. The van der Waals surface area contributed by atoms with Gasteiger partial charge in [0.05, 0.1) is 11.4 Å². The van der Waals surface area contributed by atoms with E-state index < -0.39 is 16.0 Å². The van der Waals surface area contributed by atoms with Crippen LogP contribution in [0.3, 0.4) is 0 Å². The lowest BCUT2D eigenvalue weighted by molar-refractivity contribution is -0.133. The average Bonchev–Trinajstić information content (AvgIpc) is 3.22. The second kappa shape index (κ2) is 7.98. The van der Waals surface area contributed by atoms with Gasteiger partial charge < -0.3 is 4.74 Å². The van der Waals surface area contributed by atoms with Crippen molar-refractivity contribution in [3.63, 3.8) is 0 Å². The van der Waals surface area contributed by atoms with Gasteiger partial charge in [-0.05, 0) is 49.6 Å². The maximum Gasteiger partial charge on any atom is 0.316 e. The molecule has 2 aromatic rings. The van der Waals surface area contributed by atoms with Gasteiger partial charge in [0.15, 0.2) is 5.75 Å². The van der Waals surface area contributed by atoms with Crippen molar-refractivity contribution < 1.29 is 17.9 Å². The van der Waals surface area contributed by atoms with Gasteiger partial charge in [-0.25, -0.2) is 8.42 Å². The predicted octanol–water partition coefficient (Wildman–Crippen LogP) is 4.41. The van der Waals surface area contributed by atoms with E-state index in [1.54, 1.807) is 31.2 Å². The minimum atomic E-state index is -3.46. The van der Waals surface area contributed by atoms with Crippen LogP contribution in [0, 0.1) is 6.92 Å². The molecule has 0 saturated carbocycles. The smallest absolute Gasteiger partial charge is 0.316 e. The maximum absolute atomic E-state index is 12.5. The second-order valence-electron chi connectivity index (χ2n) is 6.02. The van der Waals surface area contributed by atoms with Crippen LogP contribution in [0.5, 0.6) is 5.75 Å². The summed E-state index contributed by atoms with van der Waals surface area (Å²) in [5, 5.41) is 0.341. The maximum atomic E-state index is 12.5. The van der Waals surface area contributed by atoms with Gasteiger partial charge >= 0.3 is 5.97 Å². The summed E-state index contributed by atoms with van der Waals surface area (Å²) in [5.74, 6) is -0.161. The zero-order valence-corrected chi connectivity index (χ0v) is 18.0. The Morgan fingerprint density at radius 2 is 2.00 bits per heavy atom. The molecule has 1 saturated heterocycles. The van der Waals surface area contributed by atoms with Gasteiger partial charge in [-0.2, -0.15) is 4.31 Å².